The highest BCUT2D eigenvalue weighted by Crippen LogP contribution is 2.20. The summed E-state index contributed by atoms with van der Waals surface area (Å²) in [5, 5.41) is 4.63. The lowest BCUT2D eigenvalue weighted by Gasteiger charge is -1.94. The number of carbonyl (C=O) groups is 1. The minimum absolute atomic E-state index is 0.162. The Labute approximate surface area is 90.5 Å². The monoisotopic (exact) mass is 223 g/mol. The molecule has 6 heteroatoms. The predicted octanol–water partition coefficient (Wildman–Crippen LogP) is 1.92. The molecule has 5 nitrogen and oxygen atoms in total. The molecular weight excluding hydrogens is 214 g/mol. The molecule has 0 atom stereocenters. The van der Waals surface area contributed by atoms with Crippen molar-refractivity contribution in [1.82, 2.24) is 14.8 Å². The number of aromatic nitrogens is 3. The van der Waals surface area contributed by atoms with Gasteiger partial charge in [0.15, 0.2) is 10.9 Å². The maximum absolute atomic E-state index is 11.2. The second-order valence-electron chi connectivity index (χ2n) is 2.83. The SMILES string of the molecule is CSc1nc(-c2ccco2)nn1C(C)=O. The van der Waals surface area contributed by atoms with Crippen LogP contribution in [0.4, 0.5) is 0 Å². The van der Waals surface area contributed by atoms with E-state index in [1.807, 2.05) is 6.26 Å². The fourth-order valence-corrected chi connectivity index (χ4v) is 1.67. The van der Waals surface area contributed by atoms with Crippen molar-refractivity contribution >= 4 is 17.7 Å². The van der Waals surface area contributed by atoms with Crippen LogP contribution in [-0.4, -0.2) is 26.9 Å². The van der Waals surface area contributed by atoms with Gasteiger partial charge in [-0.05, 0) is 18.4 Å². The van der Waals surface area contributed by atoms with E-state index in [2.05, 4.69) is 10.1 Å². The molecule has 2 aromatic heterocycles. The fraction of sp³-hybridized carbons (Fsp3) is 0.222. The van der Waals surface area contributed by atoms with Crippen molar-refractivity contribution in [2.45, 2.75) is 12.1 Å². The highest BCUT2D eigenvalue weighted by atomic mass is 32.2. The normalized spacial score (nSPS) is 10.5. The molecule has 2 aromatic rings. The van der Waals surface area contributed by atoms with Gasteiger partial charge in [-0.1, -0.05) is 11.8 Å². The zero-order valence-electron chi connectivity index (χ0n) is 8.30. The lowest BCUT2D eigenvalue weighted by molar-refractivity contribution is 0.0909. The van der Waals surface area contributed by atoms with Crippen LogP contribution >= 0.6 is 11.8 Å². The molecule has 0 fully saturated rings. The molecule has 0 N–H and O–H groups in total. The predicted molar refractivity (Wildman–Crippen MR) is 55.8 cm³/mol. The first-order valence-corrected chi connectivity index (χ1v) is 5.50. The first kappa shape index (κ1) is 9.97. The van der Waals surface area contributed by atoms with Gasteiger partial charge in [-0.15, -0.1) is 5.10 Å². The van der Waals surface area contributed by atoms with E-state index in [1.54, 1.807) is 18.4 Å². The van der Waals surface area contributed by atoms with Crippen molar-refractivity contribution in [3.8, 4) is 11.6 Å². The number of nitrogens with zero attached hydrogens (tertiary/aromatic N) is 3. The zero-order valence-corrected chi connectivity index (χ0v) is 9.11. The Morgan fingerprint density at radius 3 is 2.87 bits per heavy atom. The summed E-state index contributed by atoms with van der Waals surface area (Å²) in [6.07, 6.45) is 3.39. The van der Waals surface area contributed by atoms with Gasteiger partial charge in [-0.25, -0.2) is 0 Å². The van der Waals surface area contributed by atoms with Gasteiger partial charge in [-0.2, -0.15) is 9.67 Å². The van der Waals surface area contributed by atoms with Gasteiger partial charge in [0, 0.05) is 6.92 Å². The number of furan rings is 1. The van der Waals surface area contributed by atoms with E-state index in [-0.39, 0.29) is 5.91 Å². The van der Waals surface area contributed by atoms with Crippen LogP contribution in [0.2, 0.25) is 0 Å². The molecule has 0 aliphatic rings. The third kappa shape index (κ3) is 1.80. The molecule has 0 saturated carbocycles. The maximum atomic E-state index is 11.2. The first-order chi connectivity index (χ1) is 7.22. The zero-order chi connectivity index (χ0) is 10.8. The molecule has 0 aliphatic carbocycles. The van der Waals surface area contributed by atoms with Crippen molar-refractivity contribution in [3.63, 3.8) is 0 Å². The lowest BCUT2D eigenvalue weighted by atomic mass is 10.4. The van der Waals surface area contributed by atoms with Crippen molar-refractivity contribution in [1.29, 1.82) is 0 Å². The Morgan fingerprint density at radius 1 is 1.60 bits per heavy atom. The number of hydrogen-bond acceptors (Lipinski definition) is 5. The van der Waals surface area contributed by atoms with Crippen LogP contribution in [0.3, 0.4) is 0 Å². The Morgan fingerprint density at radius 2 is 2.40 bits per heavy atom. The maximum Gasteiger partial charge on any atom is 0.246 e. The average molecular weight is 223 g/mol. The van der Waals surface area contributed by atoms with Gasteiger partial charge in [0.2, 0.25) is 11.7 Å². The third-order valence-corrected chi connectivity index (χ3v) is 2.43. The van der Waals surface area contributed by atoms with Crippen molar-refractivity contribution in [2.24, 2.45) is 0 Å². The summed E-state index contributed by atoms with van der Waals surface area (Å²) in [7, 11) is 0. The molecule has 0 spiro atoms. The summed E-state index contributed by atoms with van der Waals surface area (Å²) in [5.41, 5.74) is 0. The summed E-state index contributed by atoms with van der Waals surface area (Å²) in [4.78, 5) is 15.4. The van der Waals surface area contributed by atoms with Crippen molar-refractivity contribution in [3.05, 3.63) is 18.4 Å². The van der Waals surface area contributed by atoms with E-state index in [4.69, 9.17) is 4.42 Å². The molecule has 15 heavy (non-hydrogen) atoms. The van der Waals surface area contributed by atoms with Crippen LogP contribution in [0.5, 0.6) is 0 Å². The van der Waals surface area contributed by atoms with Crippen molar-refractivity contribution in [2.75, 3.05) is 6.26 Å². The quantitative estimate of drug-likeness (QED) is 0.728. The topological polar surface area (TPSA) is 60.9 Å². The van der Waals surface area contributed by atoms with Gasteiger partial charge >= 0.3 is 0 Å². The van der Waals surface area contributed by atoms with E-state index in [9.17, 15) is 4.79 Å². The summed E-state index contributed by atoms with van der Waals surface area (Å²) in [6, 6.07) is 3.51. The molecule has 0 unspecified atom stereocenters. The van der Waals surface area contributed by atoms with E-state index in [1.165, 1.54) is 23.4 Å². The standard InChI is InChI=1S/C9H9N3O2S/c1-6(13)12-9(15-2)10-8(11-12)7-4-3-5-14-7/h3-5H,1-2H3. The molecule has 0 amide bonds. The number of rotatable bonds is 2. The first-order valence-electron chi connectivity index (χ1n) is 4.28. The highest BCUT2D eigenvalue weighted by molar-refractivity contribution is 7.98. The third-order valence-electron chi connectivity index (χ3n) is 1.80. The largest absolute Gasteiger partial charge is 0.461 e. The van der Waals surface area contributed by atoms with Gasteiger partial charge in [-0.3, -0.25) is 4.79 Å². The summed E-state index contributed by atoms with van der Waals surface area (Å²) in [6.45, 7) is 1.44. The molecule has 0 bridgehead atoms. The van der Waals surface area contributed by atoms with E-state index in [0.29, 0.717) is 16.7 Å². The lowest BCUT2D eigenvalue weighted by Crippen LogP contribution is -2.08. The van der Waals surface area contributed by atoms with Gasteiger partial charge in [0.25, 0.3) is 0 Å². The number of thioether (sulfide) groups is 1. The van der Waals surface area contributed by atoms with Crippen LogP contribution in [0, 0.1) is 0 Å². The van der Waals surface area contributed by atoms with Crippen LogP contribution in [0.25, 0.3) is 11.6 Å². The molecule has 0 aromatic carbocycles. The smallest absolute Gasteiger partial charge is 0.246 e. The Balaban J connectivity index is 2.48. The van der Waals surface area contributed by atoms with Gasteiger partial charge in [0.1, 0.15) is 0 Å². The summed E-state index contributed by atoms with van der Waals surface area (Å²) >= 11 is 1.37. The summed E-state index contributed by atoms with van der Waals surface area (Å²) in [5.74, 6) is 0.828. The Kier molecular flexibility index (Phi) is 2.59. The minimum atomic E-state index is -0.162. The van der Waals surface area contributed by atoms with Crippen LogP contribution < -0.4 is 0 Å². The van der Waals surface area contributed by atoms with Gasteiger partial charge < -0.3 is 4.42 Å². The highest BCUT2D eigenvalue weighted by Gasteiger charge is 2.14. The van der Waals surface area contributed by atoms with E-state index < -0.39 is 0 Å². The molecule has 0 saturated heterocycles. The van der Waals surface area contributed by atoms with E-state index in [0.717, 1.165) is 0 Å². The summed E-state index contributed by atoms with van der Waals surface area (Å²) < 4.78 is 6.42. The van der Waals surface area contributed by atoms with Crippen LogP contribution in [0.1, 0.15) is 11.7 Å². The second-order valence-corrected chi connectivity index (χ2v) is 3.60. The molecule has 78 valence electrons. The second kappa shape index (κ2) is 3.90. The fourth-order valence-electron chi connectivity index (χ4n) is 1.15. The molecule has 2 heterocycles. The van der Waals surface area contributed by atoms with E-state index >= 15 is 0 Å². The Bertz CT molecular complexity index is 476. The minimum Gasteiger partial charge on any atom is -0.461 e. The average Bonchev–Trinajstić information content (AvgIpc) is 2.86. The van der Waals surface area contributed by atoms with Crippen molar-refractivity contribution < 1.29 is 9.21 Å². The van der Waals surface area contributed by atoms with Crippen LogP contribution in [-0.2, 0) is 0 Å². The molecular formula is C9H9N3O2S. The molecule has 0 radical (unpaired) electrons. The van der Waals surface area contributed by atoms with Crippen LogP contribution in [0.15, 0.2) is 28.0 Å². The van der Waals surface area contributed by atoms with Gasteiger partial charge in [0.05, 0.1) is 6.26 Å². The Hall–Kier alpha value is -1.56. The molecule has 0 aliphatic heterocycles. The molecule has 2 rings (SSSR count). The number of hydrogen-bond donors (Lipinski definition) is 0. The number of carbonyl (C=O) groups excluding carboxylic acids is 1.